The molecule has 1 aromatic carbocycles. The Morgan fingerprint density at radius 3 is 2.60 bits per heavy atom. The predicted octanol–water partition coefficient (Wildman–Crippen LogP) is 1.56. The quantitative estimate of drug-likeness (QED) is 0.786. The zero-order valence-corrected chi connectivity index (χ0v) is 14.4. The molecule has 6 heteroatoms. The molecule has 0 aliphatic heterocycles. The largest absolute Gasteiger partial charge is 0.349 e. The Kier molecular flexibility index (Phi) is 3.77. The molecule has 3 aromatic rings. The highest BCUT2D eigenvalue weighted by molar-refractivity contribution is 5.93. The van der Waals surface area contributed by atoms with Gasteiger partial charge in [-0.3, -0.25) is 4.79 Å². The van der Waals surface area contributed by atoms with Gasteiger partial charge in [0.1, 0.15) is 5.69 Å². The number of amides is 1. The van der Waals surface area contributed by atoms with Gasteiger partial charge in [0.15, 0.2) is 5.65 Å². The van der Waals surface area contributed by atoms with Crippen LogP contribution < -0.4 is 5.32 Å². The number of imidazole rings is 1. The summed E-state index contributed by atoms with van der Waals surface area (Å²) in [5, 5.41) is 7.30. The highest BCUT2D eigenvalue weighted by atomic mass is 16.2. The standard InChI is InChI=1S/C19H21N5O/c1-23(2)19(10-14-6-3-4-7-15(14)11-19)13-21-18(25)16-12-20-17-8-5-9-22-24(16)17/h3-9,12H,10-11,13H2,1-2H3,(H,21,25). The van der Waals surface area contributed by atoms with E-state index < -0.39 is 0 Å². The van der Waals surface area contributed by atoms with Gasteiger partial charge in [-0.2, -0.15) is 5.10 Å². The van der Waals surface area contributed by atoms with Gasteiger partial charge in [0.25, 0.3) is 5.91 Å². The number of fused-ring (bicyclic) bond motifs is 2. The molecule has 0 bridgehead atoms. The van der Waals surface area contributed by atoms with Gasteiger partial charge in [-0.1, -0.05) is 24.3 Å². The molecule has 0 fully saturated rings. The van der Waals surface area contributed by atoms with Crippen LogP contribution in [0.3, 0.4) is 0 Å². The molecule has 0 saturated heterocycles. The zero-order chi connectivity index (χ0) is 17.4. The van der Waals surface area contributed by atoms with Crippen molar-refractivity contribution in [1.29, 1.82) is 0 Å². The molecule has 4 rings (SSSR count). The molecule has 0 radical (unpaired) electrons. The molecule has 0 unspecified atom stereocenters. The average molecular weight is 335 g/mol. The fourth-order valence-electron chi connectivity index (χ4n) is 3.59. The van der Waals surface area contributed by atoms with Gasteiger partial charge in [0.05, 0.1) is 6.20 Å². The van der Waals surface area contributed by atoms with Crippen molar-refractivity contribution in [3.05, 3.63) is 65.6 Å². The molecule has 6 nitrogen and oxygen atoms in total. The first-order chi connectivity index (χ1) is 12.1. The smallest absolute Gasteiger partial charge is 0.271 e. The van der Waals surface area contributed by atoms with E-state index in [-0.39, 0.29) is 11.4 Å². The second-order valence-electron chi connectivity index (χ2n) is 6.86. The maximum Gasteiger partial charge on any atom is 0.271 e. The van der Waals surface area contributed by atoms with Crippen LogP contribution in [0.5, 0.6) is 0 Å². The topological polar surface area (TPSA) is 62.5 Å². The number of hydrogen-bond acceptors (Lipinski definition) is 4. The minimum atomic E-state index is -0.150. The second-order valence-corrected chi connectivity index (χ2v) is 6.86. The zero-order valence-electron chi connectivity index (χ0n) is 14.4. The van der Waals surface area contributed by atoms with E-state index in [0.29, 0.717) is 17.9 Å². The first kappa shape index (κ1) is 15.8. The number of carbonyl (C=O) groups excluding carboxylic acids is 1. The Morgan fingerprint density at radius 2 is 1.92 bits per heavy atom. The third-order valence-corrected chi connectivity index (χ3v) is 5.19. The molecule has 1 aliphatic carbocycles. The lowest BCUT2D eigenvalue weighted by molar-refractivity contribution is 0.0896. The van der Waals surface area contributed by atoms with Crippen LogP contribution in [0.25, 0.3) is 5.65 Å². The maximum absolute atomic E-state index is 12.7. The number of hydrogen-bond donors (Lipinski definition) is 1. The normalized spacial score (nSPS) is 15.5. The molecule has 1 N–H and O–H groups in total. The lowest BCUT2D eigenvalue weighted by Gasteiger charge is -2.36. The molecule has 25 heavy (non-hydrogen) atoms. The summed E-state index contributed by atoms with van der Waals surface area (Å²) in [7, 11) is 4.15. The summed E-state index contributed by atoms with van der Waals surface area (Å²) in [6, 6.07) is 12.1. The summed E-state index contributed by atoms with van der Waals surface area (Å²) < 4.78 is 1.57. The van der Waals surface area contributed by atoms with Crippen LogP contribution in [0.2, 0.25) is 0 Å². The van der Waals surface area contributed by atoms with E-state index in [9.17, 15) is 4.79 Å². The fourth-order valence-corrected chi connectivity index (χ4v) is 3.59. The number of nitrogens with one attached hydrogen (secondary N) is 1. The van der Waals surface area contributed by atoms with Crippen LogP contribution in [0.1, 0.15) is 21.6 Å². The van der Waals surface area contributed by atoms with Crippen LogP contribution >= 0.6 is 0 Å². The Hall–Kier alpha value is -2.73. The van der Waals surface area contributed by atoms with E-state index in [4.69, 9.17) is 0 Å². The van der Waals surface area contributed by atoms with Crippen LogP contribution in [0, 0.1) is 0 Å². The number of likely N-dealkylation sites (N-methyl/N-ethyl adjacent to an activating group) is 1. The van der Waals surface area contributed by atoms with Gasteiger partial charge in [-0.05, 0) is 50.2 Å². The fraction of sp³-hybridized carbons (Fsp3) is 0.316. The highest BCUT2D eigenvalue weighted by Crippen LogP contribution is 2.33. The van der Waals surface area contributed by atoms with E-state index in [2.05, 4.69) is 58.7 Å². The van der Waals surface area contributed by atoms with Gasteiger partial charge < -0.3 is 10.2 Å². The predicted molar refractivity (Wildman–Crippen MR) is 95.6 cm³/mol. The van der Waals surface area contributed by atoms with Crippen molar-refractivity contribution in [1.82, 2.24) is 24.8 Å². The van der Waals surface area contributed by atoms with E-state index >= 15 is 0 Å². The summed E-state index contributed by atoms with van der Waals surface area (Å²) in [5.41, 5.74) is 3.75. The maximum atomic E-state index is 12.7. The summed E-state index contributed by atoms with van der Waals surface area (Å²) in [4.78, 5) is 19.1. The molecular formula is C19H21N5O. The minimum absolute atomic E-state index is 0.104. The number of carbonyl (C=O) groups is 1. The van der Waals surface area contributed by atoms with Gasteiger partial charge in [-0.15, -0.1) is 0 Å². The third kappa shape index (κ3) is 2.68. The third-order valence-electron chi connectivity index (χ3n) is 5.19. The Bertz CT molecular complexity index is 905. The van der Waals surface area contributed by atoms with Gasteiger partial charge in [0.2, 0.25) is 0 Å². The van der Waals surface area contributed by atoms with E-state index in [1.807, 2.05) is 6.07 Å². The van der Waals surface area contributed by atoms with Crippen LogP contribution in [-0.4, -0.2) is 51.6 Å². The number of rotatable bonds is 4. The molecule has 2 heterocycles. The van der Waals surface area contributed by atoms with Crippen molar-refractivity contribution >= 4 is 11.6 Å². The molecule has 1 aliphatic rings. The SMILES string of the molecule is CN(C)C1(CNC(=O)c2cnc3cccnn23)Cc2ccccc2C1. The van der Waals surface area contributed by atoms with Gasteiger partial charge >= 0.3 is 0 Å². The molecule has 0 spiro atoms. The second kappa shape index (κ2) is 5.97. The first-order valence-electron chi connectivity index (χ1n) is 8.40. The summed E-state index contributed by atoms with van der Waals surface area (Å²) in [6.45, 7) is 0.577. The monoisotopic (exact) mass is 335 g/mol. The summed E-state index contributed by atoms with van der Waals surface area (Å²) in [6.07, 6.45) is 5.09. The minimum Gasteiger partial charge on any atom is -0.349 e. The summed E-state index contributed by atoms with van der Waals surface area (Å²) in [5.74, 6) is -0.150. The Morgan fingerprint density at radius 1 is 1.20 bits per heavy atom. The van der Waals surface area contributed by atoms with E-state index in [1.165, 1.54) is 11.1 Å². The Labute approximate surface area is 146 Å². The van der Waals surface area contributed by atoms with Crippen LogP contribution in [0.15, 0.2) is 48.8 Å². The van der Waals surface area contributed by atoms with Crippen LogP contribution in [-0.2, 0) is 12.8 Å². The molecule has 1 amide bonds. The van der Waals surface area contributed by atoms with Crippen molar-refractivity contribution in [2.24, 2.45) is 0 Å². The average Bonchev–Trinajstić information content (AvgIpc) is 3.21. The number of aromatic nitrogens is 3. The Balaban J connectivity index is 1.54. The number of benzene rings is 1. The van der Waals surface area contributed by atoms with Crippen molar-refractivity contribution in [2.45, 2.75) is 18.4 Å². The van der Waals surface area contributed by atoms with E-state index in [0.717, 1.165) is 12.8 Å². The number of nitrogens with zero attached hydrogens (tertiary/aromatic N) is 4. The van der Waals surface area contributed by atoms with Crippen molar-refractivity contribution in [2.75, 3.05) is 20.6 Å². The van der Waals surface area contributed by atoms with Crippen LogP contribution in [0.4, 0.5) is 0 Å². The molecule has 2 aromatic heterocycles. The first-order valence-corrected chi connectivity index (χ1v) is 8.40. The summed E-state index contributed by atoms with van der Waals surface area (Å²) >= 11 is 0. The van der Waals surface area contributed by atoms with Crippen molar-refractivity contribution in [3.8, 4) is 0 Å². The van der Waals surface area contributed by atoms with Crippen molar-refractivity contribution < 1.29 is 4.79 Å². The molecule has 0 saturated carbocycles. The van der Waals surface area contributed by atoms with E-state index in [1.54, 1.807) is 23.0 Å². The van der Waals surface area contributed by atoms with Gasteiger partial charge in [-0.25, -0.2) is 9.50 Å². The molecule has 0 atom stereocenters. The highest BCUT2D eigenvalue weighted by Gasteiger charge is 2.39. The lowest BCUT2D eigenvalue weighted by atomic mass is 9.94. The van der Waals surface area contributed by atoms with Gasteiger partial charge in [0, 0.05) is 18.3 Å². The van der Waals surface area contributed by atoms with Crippen molar-refractivity contribution in [3.63, 3.8) is 0 Å². The lowest BCUT2D eigenvalue weighted by Crippen LogP contribution is -2.53. The molecule has 128 valence electrons. The molecular weight excluding hydrogens is 314 g/mol.